The van der Waals surface area contributed by atoms with Gasteiger partial charge in [-0.2, -0.15) is 5.26 Å². The number of hydrogen-bond acceptors (Lipinski definition) is 4. The quantitative estimate of drug-likeness (QED) is 0.885. The normalized spacial score (nSPS) is 17.6. The molecule has 1 atom stereocenters. The molecule has 2 rings (SSSR count). The average molecular weight is 273 g/mol. The molecule has 0 aliphatic carbocycles. The van der Waals surface area contributed by atoms with Gasteiger partial charge in [0.05, 0.1) is 6.07 Å². The molecule has 1 fully saturated rings. The van der Waals surface area contributed by atoms with Gasteiger partial charge < -0.3 is 10.0 Å². The predicted molar refractivity (Wildman–Crippen MR) is 75.0 cm³/mol. The Hall–Kier alpha value is -2.06. The molecule has 106 valence electrons. The van der Waals surface area contributed by atoms with Crippen LogP contribution in [0.3, 0.4) is 0 Å². The Labute approximate surface area is 119 Å². The molecule has 1 aliphatic rings. The molecular weight excluding hydrogens is 254 g/mol. The molecule has 1 N–H and O–H groups in total. The number of aromatic hydroxyl groups is 1. The molecule has 1 aromatic carbocycles. The van der Waals surface area contributed by atoms with Gasteiger partial charge in [-0.1, -0.05) is 11.6 Å². The van der Waals surface area contributed by atoms with Crippen LogP contribution in [0.5, 0.6) is 5.75 Å². The Morgan fingerprint density at radius 2 is 2.00 bits per heavy atom. The Morgan fingerprint density at radius 3 is 2.55 bits per heavy atom. The largest absolute Gasteiger partial charge is 0.508 e. The van der Waals surface area contributed by atoms with Crippen LogP contribution in [0.1, 0.15) is 24.1 Å². The molecule has 0 bridgehead atoms. The number of nitrogens with zero attached hydrogens (tertiary/aromatic N) is 3. The number of benzene rings is 1. The SMILES string of the molecule is CC(=O)N1CCN(C(C#N)c2cc(C)ccc2O)CC1. The zero-order valence-electron chi connectivity index (χ0n) is 11.8. The third-order valence-electron chi connectivity index (χ3n) is 3.72. The number of phenolic OH excluding ortho intramolecular Hbond substituents is 1. The summed E-state index contributed by atoms with van der Waals surface area (Å²) in [5, 5.41) is 19.4. The van der Waals surface area contributed by atoms with Gasteiger partial charge in [0.25, 0.3) is 0 Å². The summed E-state index contributed by atoms with van der Waals surface area (Å²) in [6.45, 7) is 6.03. The number of carbonyl (C=O) groups excluding carboxylic acids is 1. The summed E-state index contributed by atoms with van der Waals surface area (Å²) in [6, 6.07) is 7.09. The van der Waals surface area contributed by atoms with Crippen LogP contribution < -0.4 is 0 Å². The summed E-state index contributed by atoms with van der Waals surface area (Å²) in [5.41, 5.74) is 1.66. The standard InChI is InChI=1S/C15H19N3O2/c1-11-3-4-15(20)13(9-11)14(10-16)18-7-5-17(6-8-18)12(2)19/h3-4,9,14,20H,5-8H2,1-2H3. The van der Waals surface area contributed by atoms with Gasteiger partial charge in [0.1, 0.15) is 11.8 Å². The first-order valence-corrected chi connectivity index (χ1v) is 6.71. The molecule has 20 heavy (non-hydrogen) atoms. The molecule has 1 amide bonds. The number of phenols is 1. The van der Waals surface area contributed by atoms with Crippen molar-refractivity contribution in [3.05, 3.63) is 29.3 Å². The van der Waals surface area contributed by atoms with Crippen molar-refractivity contribution >= 4 is 5.91 Å². The highest BCUT2D eigenvalue weighted by Gasteiger charge is 2.27. The van der Waals surface area contributed by atoms with Crippen LogP contribution in [0, 0.1) is 18.3 Å². The number of nitriles is 1. The lowest BCUT2D eigenvalue weighted by atomic mass is 10.0. The maximum atomic E-state index is 11.3. The predicted octanol–water partition coefficient (Wildman–Crippen LogP) is 1.43. The van der Waals surface area contributed by atoms with Gasteiger partial charge in [0.2, 0.25) is 5.91 Å². The lowest BCUT2D eigenvalue weighted by molar-refractivity contribution is -0.130. The van der Waals surface area contributed by atoms with Crippen molar-refractivity contribution in [1.82, 2.24) is 9.80 Å². The fraction of sp³-hybridized carbons (Fsp3) is 0.467. The zero-order chi connectivity index (χ0) is 14.7. The van der Waals surface area contributed by atoms with Gasteiger partial charge in [-0.05, 0) is 19.1 Å². The number of hydrogen-bond donors (Lipinski definition) is 1. The Kier molecular flexibility index (Phi) is 4.26. The van der Waals surface area contributed by atoms with Crippen LogP contribution >= 0.6 is 0 Å². The van der Waals surface area contributed by atoms with E-state index in [0.29, 0.717) is 31.7 Å². The molecule has 0 radical (unpaired) electrons. The fourth-order valence-corrected chi connectivity index (χ4v) is 2.54. The van der Waals surface area contributed by atoms with Crippen LogP contribution in [0.15, 0.2) is 18.2 Å². The summed E-state index contributed by atoms with van der Waals surface area (Å²) in [5.74, 6) is 0.215. The van der Waals surface area contributed by atoms with Gasteiger partial charge in [-0.3, -0.25) is 9.69 Å². The number of piperazine rings is 1. The van der Waals surface area contributed by atoms with Crippen molar-refractivity contribution in [3.8, 4) is 11.8 Å². The van der Waals surface area contributed by atoms with Crippen molar-refractivity contribution in [3.63, 3.8) is 0 Å². The molecule has 1 aliphatic heterocycles. The van der Waals surface area contributed by atoms with Crippen LogP contribution in [0.2, 0.25) is 0 Å². The van der Waals surface area contributed by atoms with Crippen molar-refractivity contribution < 1.29 is 9.90 Å². The summed E-state index contributed by atoms with van der Waals surface area (Å²) in [6.07, 6.45) is 0. The second-order valence-corrected chi connectivity index (χ2v) is 5.14. The van der Waals surface area contributed by atoms with Gasteiger partial charge in [0, 0.05) is 38.7 Å². The second kappa shape index (κ2) is 5.93. The van der Waals surface area contributed by atoms with E-state index < -0.39 is 6.04 Å². The monoisotopic (exact) mass is 273 g/mol. The van der Waals surface area contributed by atoms with Crippen LogP contribution in [0.4, 0.5) is 0 Å². The van der Waals surface area contributed by atoms with Crippen molar-refractivity contribution in [1.29, 1.82) is 5.26 Å². The first-order chi connectivity index (χ1) is 9.52. The molecular formula is C15H19N3O2. The minimum atomic E-state index is -0.469. The van der Waals surface area contributed by atoms with Crippen LogP contribution in [-0.4, -0.2) is 47.0 Å². The van der Waals surface area contributed by atoms with Crippen LogP contribution in [-0.2, 0) is 4.79 Å². The summed E-state index contributed by atoms with van der Waals surface area (Å²) < 4.78 is 0. The highest BCUT2D eigenvalue weighted by atomic mass is 16.3. The van der Waals surface area contributed by atoms with Crippen LogP contribution in [0.25, 0.3) is 0 Å². The number of amides is 1. The molecule has 1 heterocycles. The lowest BCUT2D eigenvalue weighted by Gasteiger charge is -2.36. The minimum absolute atomic E-state index is 0.0663. The summed E-state index contributed by atoms with van der Waals surface area (Å²) >= 11 is 0. The third-order valence-corrected chi connectivity index (χ3v) is 3.72. The third kappa shape index (κ3) is 2.91. The lowest BCUT2D eigenvalue weighted by Crippen LogP contribution is -2.48. The average Bonchev–Trinajstić information content (AvgIpc) is 2.44. The van der Waals surface area contributed by atoms with Crippen molar-refractivity contribution in [2.75, 3.05) is 26.2 Å². The van der Waals surface area contributed by atoms with Gasteiger partial charge in [-0.25, -0.2) is 0 Å². The van der Waals surface area contributed by atoms with E-state index in [1.54, 1.807) is 17.9 Å². The number of carbonyl (C=O) groups is 1. The first kappa shape index (κ1) is 14.4. The topological polar surface area (TPSA) is 67.6 Å². The molecule has 1 saturated heterocycles. The van der Waals surface area contributed by atoms with Gasteiger partial charge in [-0.15, -0.1) is 0 Å². The molecule has 0 spiro atoms. The van der Waals surface area contributed by atoms with E-state index in [9.17, 15) is 15.2 Å². The van der Waals surface area contributed by atoms with Crippen molar-refractivity contribution in [2.24, 2.45) is 0 Å². The zero-order valence-corrected chi connectivity index (χ0v) is 11.8. The van der Waals surface area contributed by atoms with E-state index in [1.165, 1.54) is 0 Å². The molecule has 5 heteroatoms. The molecule has 1 unspecified atom stereocenters. The Morgan fingerprint density at radius 1 is 1.35 bits per heavy atom. The second-order valence-electron chi connectivity index (χ2n) is 5.14. The smallest absolute Gasteiger partial charge is 0.219 e. The highest BCUT2D eigenvalue weighted by molar-refractivity contribution is 5.73. The van der Waals surface area contributed by atoms with Gasteiger partial charge in [0.15, 0.2) is 0 Å². The molecule has 0 aromatic heterocycles. The van der Waals surface area contributed by atoms with Crippen molar-refractivity contribution in [2.45, 2.75) is 19.9 Å². The Bertz CT molecular complexity index is 543. The van der Waals surface area contributed by atoms with E-state index in [1.807, 2.05) is 24.0 Å². The van der Waals surface area contributed by atoms with E-state index in [0.717, 1.165) is 5.56 Å². The van der Waals surface area contributed by atoms with Gasteiger partial charge >= 0.3 is 0 Å². The minimum Gasteiger partial charge on any atom is -0.508 e. The summed E-state index contributed by atoms with van der Waals surface area (Å²) in [7, 11) is 0. The van der Waals surface area contributed by atoms with E-state index in [2.05, 4.69) is 6.07 Å². The Balaban J connectivity index is 2.16. The maximum absolute atomic E-state index is 11.3. The molecule has 1 aromatic rings. The van der Waals surface area contributed by atoms with E-state index >= 15 is 0 Å². The molecule has 0 saturated carbocycles. The molecule has 5 nitrogen and oxygen atoms in total. The van der Waals surface area contributed by atoms with E-state index in [-0.39, 0.29) is 11.7 Å². The first-order valence-electron chi connectivity index (χ1n) is 6.71. The van der Waals surface area contributed by atoms with E-state index in [4.69, 9.17) is 0 Å². The number of rotatable bonds is 2. The highest BCUT2D eigenvalue weighted by Crippen LogP contribution is 2.29. The summed E-state index contributed by atoms with van der Waals surface area (Å²) in [4.78, 5) is 15.1. The fourth-order valence-electron chi connectivity index (χ4n) is 2.54. The maximum Gasteiger partial charge on any atom is 0.219 e. The number of aryl methyl sites for hydroxylation is 1.